The summed E-state index contributed by atoms with van der Waals surface area (Å²) in [5, 5.41) is 3.77. The monoisotopic (exact) mass is 326 g/mol. The summed E-state index contributed by atoms with van der Waals surface area (Å²) in [4.78, 5) is 5.69. The van der Waals surface area contributed by atoms with Gasteiger partial charge in [-0.05, 0) is 56.1 Å². The van der Waals surface area contributed by atoms with E-state index in [1.165, 1.54) is 48.5 Å². The molecule has 0 radical (unpaired) electrons. The summed E-state index contributed by atoms with van der Waals surface area (Å²) >= 11 is 3.87. The fourth-order valence-electron chi connectivity index (χ4n) is 3.62. The van der Waals surface area contributed by atoms with Crippen LogP contribution < -0.4 is 5.32 Å². The number of thioether (sulfide) groups is 1. The van der Waals surface area contributed by atoms with Gasteiger partial charge in [-0.15, -0.1) is 11.3 Å². The molecule has 1 aromatic rings. The van der Waals surface area contributed by atoms with E-state index < -0.39 is 0 Å². The van der Waals surface area contributed by atoms with Crippen molar-refractivity contribution in [2.75, 3.05) is 24.7 Å². The molecule has 1 N–H and O–H groups in total. The maximum Gasteiger partial charge on any atom is 0.0794 e. The number of hydrogen-bond acceptors (Lipinski definition) is 5. The maximum atomic E-state index is 6.26. The summed E-state index contributed by atoms with van der Waals surface area (Å²) in [5.74, 6) is 3.22. The van der Waals surface area contributed by atoms with E-state index in [2.05, 4.69) is 35.2 Å². The standard InChI is InChI=1S/C16H26N2OS2/c1-2-6-18-15(14-11-17-12-21-14)13-3-7-19-16(10-13)4-8-20-9-5-16/h11-13,15,18H,2-10H2,1H3. The van der Waals surface area contributed by atoms with E-state index in [1.807, 2.05) is 5.51 Å². The summed E-state index contributed by atoms with van der Waals surface area (Å²) in [6.07, 6.45) is 8.09. The van der Waals surface area contributed by atoms with E-state index in [9.17, 15) is 0 Å². The minimum atomic E-state index is 0.172. The van der Waals surface area contributed by atoms with E-state index in [0.29, 0.717) is 12.0 Å². The average Bonchev–Trinajstić information content (AvgIpc) is 3.03. The SMILES string of the molecule is CCCNC(c1cncs1)C1CCOC2(CCSCC2)C1. The van der Waals surface area contributed by atoms with E-state index in [-0.39, 0.29) is 5.60 Å². The van der Waals surface area contributed by atoms with Gasteiger partial charge in [-0.2, -0.15) is 11.8 Å². The molecule has 2 aliphatic heterocycles. The number of ether oxygens (including phenoxy) is 1. The molecule has 0 aromatic carbocycles. The Balaban J connectivity index is 1.72. The van der Waals surface area contributed by atoms with Crippen LogP contribution in [0.1, 0.15) is 49.9 Å². The summed E-state index contributed by atoms with van der Waals surface area (Å²) < 4.78 is 6.26. The first kappa shape index (κ1) is 15.8. The van der Waals surface area contributed by atoms with Crippen LogP contribution in [-0.2, 0) is 4.74 Å². The van der Waals surface area contributed by atoms with Crippen LogP contribution in [0.25, 0.3) is 0 Å². The molecule has 5 heteroatoms. The molecule has 3 nitrogen and oxygen atoms in total. The number of rotatable bonds is 5. The Bertz CT molecular complexity index is 412. The lowest BCUT2D eigenvalue weighted by Gasteiger charge is -2.45. The van der Waals surface area contributed by atoms with Crippen LogP contribution in [0.15, 0.2) is 11.7 Å². The smallest absolute Gasteiger partial charge is 0.0794 e. The van der Waals surface area contributed by atoms with E-state index in [1.54, 1.807) is 11.3 Å². The molecule has 2 saturated heterocycles. The van der Waals surface area contributed by atoms with Gasteiger partial charge in [0.05, 0.1) is 11.1 Å². The highest BCUT2D eigenvalue weighted by Gasteiger charge is 2.41. The van der Waals surface area contributed by atoms with Crippen molar-refractivity contribution in [1.82, 2.24) is 10.3 Å². The fraction of sp³-hybridized carbons (Fsp3) is 0.812. The molecule has 0 saturated carbocycles. The Kier molecular flexibility index (Phi) is 5.60. The highest BCUT2D eigenvalue weighted by molar-refractivity contribution is 7.99. The van der Waals surface area contributed by atoms with Gasteiger partial charge in [0.15, 0.2) is 0 Å². The van der Waals surface area contributed by atoms with Crippen molar-refractivity contribution in [2.45, 2.75) is 50.7 Å². The molecular formula is C16H26N2OS2. The zero-order valence-electron chi connectivity index (χ0n) is 12.8. The van der Waals surface area contributed by atoms with Gasteiger partial charge in [0.1, 0.15) is 0 Å². The molecule has 2 fully saturated rings. The lowest BCUT2D eigenvalue weighted by Crippen LogP contribution is -2.45. The Labute approximate surface area is 136 Å². The molecule has 3 rings (SSSR count). The molecule has 21 heavy (non-hydrogen) atoms. The normalized spacial score (nSPS) is 26.8. The fourth-order valence-corrected chi connectivity index (χ4v) is 5.64. The molecule has 2 unspecified atom stereocenters. The zero-order valence-corrected chi connectivity index (χ0v) is 14.5. The number of nitrogens with zero attached hydrogens (tertiary/aromatic N) is 1. The number of hydrogen-bond donors (Lipinski definition) is 1. The zero-order chi connectivity index (χ0) is 14.5. The summed E-state index contributed by atoms with van der Waals surface area (Å²) in [6.45, 7) is 4.25. The summed E-state index contributed by atoms with van der Waals surface area (Å²) in [6, 6.07) is 0.466. The van der Waals surface area contributed by atoms with Gasteiger partial charge >= 0.3 is 0 Å². The quantitative estimate of drug-likeness (QED) is 0.890. The van der Waals surface area contributed by atoms with Crippen molar-refractivity contribution in [2.24, 2.45) is 5.92 Å². The Hall–Kier alpha value is -0.100. The van der Waals surface area contributed by atoms with Gasteiger partial charge < -0.3 is 10.1 Å². The number of thiazole rings is 1. The lowest BCUT2D eigenvalue weighted by atomic mass is 9.78. The second kappa shape index (κ2) is 7.44. The Morgan fingerprint density at radius 2 is 2.33 bits per heavy atom. The molecule has 0 amide bonds. The van der Waals surface area contributed by atoms with Crippen LogP contribution in [0.5, 0.6) is 0 Å². The van der Waals surface area contributed by atoms with Crippen molar-refractivity contribution >= 4 is 23.1 Å². The van der Waals surface area contributed by atoms with Crippen molar-refractivity contribution in [3.63, 3.8) is 0 Å². The predicted molar refractivity (Wildman–Crippen MR) is 91.1 cm³/mol. The summed E-state index contributed by atoms with van der Waals surface area (Å²) in [7, 11) is 0. The molecule has 2 aliphatic rings. The van der Waals surface area contributed by atoms with Crippen molar-refractivity contribution in [3.05, 3.63) is 16.6 Å². The largest absolute Gasteiger partial charge is 0.375 e. The van der Waals surface area contributed by atoms with E-state index in [0.717, 1.165) is 13.2 Å². The third-order valence-electron chi connectivity index (χ3n) is 4.78. The minimum absolute atomic E-state index is 0.172. The second-order valence-corrected chi connectivity index (χ2v) is 8.37. The molecular weight excluding hydrogens is 300 g/mol. The molecule has 0 aliphatic carbocycles. The summed E-state index contributed by atoms with van der Waals surface area (Å²) in [5.41, 5.74) is 2.13. The van der Waals surface area contributed by atoms with Crippen molar-refractivity contribution in [3.8, 4) is 0 Å². The van der Waals surface area contributed by atoms with Crippen LogP contribution >= 0.6 is 23.1 Å². The van der Waals surface area contributed by atoms with Gasteiger partial charge in [0.2, 0.25) is 0 Å². The van der Waals surface area contributed by atoms with Crippen molar-refractivity contribution < 1.29 is 4.74 Å². The van der Waals surface area contributed by atoms with Gasteiger partial charge in [-0.25, -0.2) is 0 Å². The lowest BCUT2D eigenvalue weighted by molar-refractivity contribution is -0.107. The molecule has 1 spiro atoms. The third kappa shape index (κ3) is 3.81. The van der Waals surface area contributed by atoms with Crippen LogP contribution in [0.3, 0.4) is 0 Å². The van der Waals surface area contributed by atoms with Gasteiger partial charge in [-0.1, -0.05) is 6.92 Å². The minimum Gasteiger partial charge on any atom is -0.375 e. The van der Waals surface area contributed by atoms with Crippen LogP contribution in [0, 0.1) is 5.92 Å². The van der Waals surface area contributed by atoms with Crippen molar-refractivity contribution in [1.29, 1.82) is 0 Å². The number of aromatic nitrogens is 1. The molecule has 2 atom stereocenters. The molecule has 0 bridgehead atoms. The molecule has 118 valence electrons. The van der Waals surface area contributed by atoms with Crippen LogP contribution in [-0.4, -0.2) is 35.2 Å². The topological polar surface area (TPSA) is 34.2 Å². The third-order valence-corrected chi connectivity index (χ3v) is 6.62. The first-order valence-corrected chi connectivity index (χ1v) is 10.2. The molecule has 1 aromatic heterocycles. The molecule has 3 heterocycles. The predicted octanol–water partition coefficient (Wildman–Crippen LogP) is 3.88. The van der Waals surface area contributed by atoms with Crippen LogP contribution in [0.2, 0.25) is 0 Å². The van der Waals surface area contributed by atoms with Gasteiger partial charge in [-0.3, -0.25) is 4.98 Å². The van der Waals surface area contributed by atoms with Gasteiger partial charge in [0.25, 0.3) is 0 Å². The highest BCUT2D eigenvalue weighted by Crippen LogP contribution is 2.44. The Morgan fingerprint density at radius 1 is 1.48 bits per heavy atom. The second-order valence-electron chi connectivity index (χ2n) is 6.23. The maximum absolute atomic E-state index is 6.26. The average molecular weight is 327 g/mol. The van der Waals surface area contributed by atoms with Gasteiger partial charge in [0, 0.05) is 23.7 Å². The van der Waals surface area contributed by atoms with E-state index in [4.69, 9.17) is 4.74 Å². The Morgan fingerprint density at radius 3 is 3.05 bits per heavy atom. The first-order chi connectivity index (χ1) is 10.3. The van der Waals surface area contributed by atoms with E-state index >= 15 is 0 Å². The van der Waals surface area contributed by atoms with Crippen LogP contribution in [0.4, 0.5) is 0 Å². The highest BCUT2D eigenvalue weighted by atomic mass is 32.2. The first-order valence-electron chi connectivity index (χ1n) is 8.16. The number of nitrogens with one attached hydrogen (secondary N) is 1.